The monoisotopic (exact) mass is 435 g/mol. The van der Waals surface area contributed by atoms with E-state index >= 15 is 0 Å². The molecule has 1 radical (unpaired) electrons. The Bertz CT molecular complexity index is 1110. The van der Waals surface area contributed by atoms with Crippen LogP contribution in [0.15, 0.2) is 121 Å². The third kappa shape index (κ3) is 4.64. The van der Waals surface area contributed by atoms with Crippen molar-refractivity contribution in [2.75, 3.05) is 0 Å². The molecule has 0 fully saturated rings. The summed E-state index contributed by atoms with van der Waals surface area (Å²) in [7, 11) is 0. The van der Waals surface area contributed by atoms with E-state index in [4.69, 9.17) is 0 Å². The molecule has 0 unspecified atom stereocenters. The second-order valence-corrected chi connectivity index (χ2v) is 7.45. The molecule has 4 rings (SSSR count). The van der Waals surface area contributed by atoms with Crippen LogP contribution in [0.5, 0.6) is 0 Å². The van der Waals surface area contributed by atoms with Gasteiger partial charge in [-0.1, -0.05) is 121 Å². The number of hydrogen-bond donors (Lipinski definition) is 0. The molecule has 0 spiro atoms. The maximum atomic E-state index is 3.92. The average molecular weight is 436 g/mol. The molecule has 0 N–H and O–H groups in total. The molecule has 0 aliphatic carbocycles. The molecule has 4 aromatic rings. The van der Waals surface area contributed by atoms with Crippen LogP contribution in [0.3, 0.4) is 0 Å². The lowest BCUT2D eigenvalue weighted by atomic mass is 9.89. The first-order valence-electron chi connectivity index (χ1n) is 9.58. The highest BCUT2D eigenvalue weighted by Crippen LogP contribution is 2.40. The van der Waals surface area contributed by atoms with Gasteiger partial charge in [0, 0.05) is 10.1 Å². The molecule has 0 aliphatic rings. The summed E-state index contributed by atoms with van der Waals surface area (Å²) in [6.45, 7) is 0. The first-order chi connectivity index (χ1) is 14.3. The van der Waals surface area contributed by atoms with Gasteiger partial charge in [0.15, 0.2) is 0 Å². The van der Waals surface area contributed by atoms with Crippen molar-refractivity contribution >= 4 is 31.6 Å². The van der Waals surface area contributed by atoms with Crippen molar-refractivity contribution in [3.8, 4) is 0 Å². The summed E-state index contributed by atoms with van der Waals surface area (Å²) in [5.74, 6) is 0. The molecule has 0 heterocycles. The second-order valence-electron chi connectivity index (χ2n) is 6.65. The fraction of sp³-hybridized carbons (Fsp3) is 0. The lowest BCUT2D eigenvalue weighted by Crippen LogP contribution is -1.95. The lowest BCUT2D eigenvalue weighted by molar-refractivity contribution is 1.53. The first-order valence-corrected chi connectivity index (χ1v) is 10.4. The van der Waals surface area contributed by atoms with Gasteiger partial charge in [-0.15, -0.1) is 0 Å². The highest BCUT2D eigenvalue weighted by Gasteiger charge is 2.16. The average Bonchev–Trinajstić information content (AvgIpc) is 2.81. The second kappa shape index (κ2) is 9.36. The molecule has 0 aliphatic heterocycles. The van der Waals surface area contributed by atoms with Crippen LogP contribution in [-0.4, -0.2) is 0 Å². The van der Waals surface area contributed by atoms with Gasteiger partial charge in [-0.25, -0.2) is 0 Å². The van der Waals surface area contributed by atoms with Crippen LogP contribution in [0, 0.1) is 6.08 Å². The quantitative estimate of drug-likeness (QED) is 0.220. The number of hydrogen-bond acceptors (Lipinski definition) is 0. The molecule has 0 saturated carbocycles. The van der Waals surface area contributed by atoms with Crippen molar-refractivity contribution in [3.05, 3.63) is 150 Å². The van der Waals surface area contributed by atoms with Gasteiger partial charge in [-0.2, -0.15) is 0 Å². The maximum absolute atomic E-state index is 3.92. The largest absolute Gasteiger partial charge is 0.0622 e. The maximum Gasteiger partial charge on any atom is 0.0332 e. The third-order valence-electron chi connectivity index (χ3n) is 4.66. The van der Waals surface area contributed by atoms with Gasteiger partial charge in [0.25, 0.3) is 0 Å². The lowest BCUT2D eigenvalue weighted by Gasteiger charge is -2.17. The van der Waals surface area contributed by atoms with Crippen molar-refractivity contribution in [3.63, 3.8) is 0 Å². The van der Waals surface area contributed by atoms with E-state index in [2.05, 4.69) is 107 Å². The standard InChI is InChI=1S/C28H20Br/c29-28(25-19-11-4-12-20-25)27(24-17-9-3-10-18-24)26(23-15-7-2-8-16-23)21-22-13-5-1-6-14-22/h1-20H/b26-21?,28-27+. The van der Waals surface area contributed by atoms with E-state index in [0.717, 1.165) is 37.9 Å². The van der Waals surface area contributed by atoms with Gasteiger partial charge in [0.05, 0.1) is 0 Å². The summed E-state index contributed by atoms with van der Waals surface area (Å²) in [5.41, 5.74) is 6.63. The number of halogens is 1. The molecule has 4 aromatic carbocycles. The summed E-state index contributed by atoms with van der Waals surface area (Å²) in [6.07, 6.45) is 3.67. The van der Waals surface area contributed by atoms with E-state index in [1.165, 1.54) is 0 Å². The van der Waals surface area contributed by atoms with Crippen LogP contribution >= 0.6 is 15.9 Å². The molecule has 0 bridgehead atoms. The minimum absolute atomic E-state index is 1.05. The van der Waals surface area contributed by atoms with Crippen LogP contribution in [0.4, 0.5) is 0 Å². The fourth-order valence-electron chi connectivity index (χ4n) is 3.26. The van der Waals surface area contributed by atoms with Crippen molar-refractivity contribution in [1.82, 2.24) is 0 Å². The Morgan fingerprint density at radius 2 is 0.897 bits per heavy atom. The van der Waals surface area contributed by atoms with Gasteiger partial charge in [-0.3, -0.25) is 0 Å². The summed E-state index contributed by atoms with van der Waals surface area (Å²) < 4.78 is 1.05. The van der Waals surface area contributed by atoms with Gasteiger partial charge in [0.2, 0.25) is 0 Å². The Morgan fingerprint density at radius 1 is 0.483 bits per heavy atom. The van der Waals surface area contributed by atoms with E-state index in [-0.39, 0.29) is 0 Å². The van der Waals surface area contributed by atoms with Crippen LogP contribution in [0.25, 0.3) is 15.6 Å². The normalized spacial score (nSPS) is 12.4. The molecule has 139 valence electrons. The zero-order chi connectivity index (χ0) is 19.9. The zero-order valence-electron chi connectivity index (χ0n) is 15.9. The van der Waals surface area contributed by atoms with E-state index in [1.807, 2.05) is 36.4 Å². The molecule has 0 atom stereocenters. The van der Waals surface area contributed by atoms with Crippen molar-refractivity contribution in [2.45, 2.75) is 0 Å². The predicted molar refractivity (Wildman–Crippen MR) is 127 cm³/mol. The highest BCUT2D eigenvalue weighted by atomic mass is 79.9. The smallest absolute Gasteiger partial charge is 0.0332 e. The van der Waals surface area contributed by atoms with Crippen molar-refractivity contribution in [1.29, 1.82) is 0 Å². The minimum Gasteiger partial charge on any atom is -0.0622 e. The number of benzene rings is 4. The number of allylic oxidation sites excluding steroid dienone is 2. The molecular weight excluding hydrogens is 416 g/mol. The summed E-state index contributed by atoms with van der Waals surface area (Å²) >= 11 is 3.92. The van der Waals surface area contributed by atoms with Crippen LogP contribution in [0.2, 0.25) is 0 Å². The Hall–Kier alpha value is -3.16. The fourth-order valence-corrected chi connectivity index (χ4v) is 3.96. The minimum atomic E-state index is 1.05. The summed E-state index contributed by atoms with van der Waals surface area (Å²) in [5, 5.41) is 0. The van der Waals surface area contributed by atoms with Crippen LogP contribution < -0.4 is 0 Å². The van der Waals surface area contributed by atoms with E-state index in [9.17, 15) is 0 Å². The van der Waals surface area contributed by atoms with E-state index < -0.39 is 0 Å². The zero-order valence-corrected chi connectivity index (χ0v) is 17.5. The molecule has 0 saturated heterocycles. The first kappa shape index (κ1) is 19.2. The molecule has 0 amide bonds. The molecule has 0 nitrogen and oxygen atoms in total. The highest BCUT2D eigenvalue weighted by molar-refractivity contribution is 9.15. The van der Waals surface area contributed by atoms with Gasteiger partial charge < -0.3 is 0 Å². The third-order valence-corrected chi connectivity index (χ3v) is 5.52. The van der Waals surface area contributed by atoms with Gasteiger partial charge in [0.1, 0.15) is 0 Å². The van der Waals surface area contributed by atoms with Crippen molar-refractivity contribution in [2.24, 2.45) is 0 Å². The topological polar surface area (TPSA) is 0 Å². The Kier molecular flexibility index (Phi) is 6.19. The summed E-state index contributed by atoms with van der Waals surface area (Å²) in [6, 6.07) is 41.6. The van der Waals surface area contributed by atoms with Crippen molar-refractivity contribution < 1.29 is 0 Å². The molecule has 29 heavy (non-hydrogen) atoms. The van der Waals surface area contributed by atoms with Crippen LogP contribution in [0.1, 0.15) is 22.3 Å². The molecular formula is C28H20Br. The molecule has 0 aromatic heterocycles. The predicted octanol–water partition coefficient (Wildman–Crippen LogP) is 7.88. The van der Waals surface area contributed by atoms with Gasteiger partial charge in [-0.05, 0) is 49.8 Å². The SMILES string of the molecule is Br/C(=C(/C(=[C]c1ccccc1)c1ccccc1)c1ccccc1)c1ccccc1. The summed E-state index contributed by atoms with van der Waals surface area (Å²) in [4.78, 5) is 0. The van der Waals surface area contributed by atoms with Crippen LogP contribution in [-0.2, 0) is 0 Å². The Morgan fingerprint density at radius 3 is 1.41 bits per heavy atom. The van der Waals surface area contributed by atoms with E-state index in [1.54, 1.807) is 0 Å². The van der Waals surface area contributed by atoms with Gasteiger partial charge >= 0.3 is 0 Å². The number of rotatable bonds is 5. The Labute approximate surface area is 181 Å². The molecule has 1 heteroatoms. The van der Waals surface area contributed by atoms with E-state index in [0.29, 0.717) is 0 Å². The Balaban J connectivity index is 2.01.